The summed E-state index contributed by atoms with van der Waals surface area (Å²) >= 11 is 0. The van der Waals surface area contributed by atoms with Gasteiger partial charge in [-0.2, -0.15) is 0 Å². The van der Waals surface area contributed by atoms with Crippen LogP contribution in [0.1, 0.15) is 0 Å². The van der Waals surface area contributed by atoms with Crippen LogP contribution in [-0.2, 0) is 0 Å². The third-order valence-corrected chi connectivity index (χ3v) is 2.79. The molecule has 20 heavy (non-hydrogen) atoms. The second kappa shape index (κ2) is 4.80. The third kappa shape index (κ3) is 2.16. The van der Waals surface area contributed by atoms with E-state index in [1.807, 2.05) is 6.07 Å². The molecule has 3 aromatic rings. The molecule has 2 aromatic carbocycles. The predicted molar refractivity (Wildman–Crippen MR) is 69.1 cm³/mol. The summed E-state index contributed by atoms with van der Waals surface area (Å²) in [4.78, 5) is 8.10. The van der Waals surface area contributed by atoms with Gasteiger partial charge >= 0.3 is 0 Å². The Morgan fingerprint density at radius 2 is 1.60 bits per heavy atom. The van der Waals surface area contributed by atoms with Gasteiger partial charge in [-0.05, 0) is 12.1 Å². The molecule has 0 radical (unpaired) electrons. The first kappa shape index (κ1) is 12.4. The van der Waals surface area contributed by atoms with E-state index in [0.29, 0.717) is 16.7 Å². The van der Waals surface area contributed by atoms with Crippen LogP contribution in [0.3, 0.4) is 0 Å². The Kier molecular flexibility index (Phi) is 2.98. The number of hydrogen-bond acceptors (Lipinski definition) is 3. The predicted octanol–water partition coefficient (Wildman–Crippen LogP) is 3.79. The molecule has 0 bridgehead atoms. The van der Waals surface area contributed by atoms with Crippen molar-refractivity contribution in [3.8, 4) is 0 Å². The van der Waals surface area contributed by atoms with E-state index in [4.69, 9.17) is 0 Å². The zero-order chi connectivity index (χ0) is 14.1. The Balaban J connectivity index is 2.06. The molecule has 0 fully saturated rings. The molecule has 0 saturated carbocycles. The summed E-state index contributed by atoms with van der Waals surface area (Å²) in [6.45, 7) is 0. The van der Waals surface area contributed by atoms with Crippen LogP contribution in [0.25, 0.3) is 10.9 Å². The van der Waals surface area contributed by atoms with Crippen LogP contribution in [-0.4, -0.2) is 9.97 Å². The van der Waals surface area contributed by atoms with E-state index in [-0.39, 0.29) is 5.69 Å². The Morgan fingerprint density at radius 3 is 2.35 bits per heavy atom. The molecule has 0 aliphatic rings. The van der Waals surface area contributed by atoms with Gasteiger partial charge in [-0.3, -0.25) is 0 Å². The van der Waals surface area contributed by atoms with Crippen molar-refractivity contribution in [1.29, 1.82) is 0 Å². The molecule has 0 amide bonds. The van der Waals surface area contributed by atoms with Crippen molar-refractivity contribution in [3.05, 3.63) is 60.2 Å². The van der Waals surface area contributed by atoms with Gasteiger partial charge in [-0.15, -0.1) is 0 Å². The Bertz CT molecular complexity index is 761. The second-order valence-corrected chi connectivity index (χ2v) is 4.12. The van der Waals surface area contributed by atoms with Crippen LogP contribution in [0.2, 0.25) is 0 Å². The van der Waals surface area contributed by atoms with E-state index in [1.54, 1.807) is 18.2 Å². The number of para-hydroxylation sites is 1. The van der Waals surface area contributed by atoms with E-state index in [1.165, 1.54) is 6.33 Å². The highest BCUT2D eigenvalue weighted by Gasteiger charge is 2.11. The van der Waals surface area contributed by atoms with E-state index in [9.17, 15) is 13.2 Å². The second-order valence-electron chi connectivity index (χ2n) is 4.12. The van der Waals surface area contributed by atoms with Crippen LogP contribution < -0.4 is 5.32 Å². The molecular weight excluding hydrogens is 267 g/mol. The summed E-state index contributed by atoms with van der Waals surface area (Å²) in [5.41, 5.74) is 0.762. The molecule has 1 heterocycles. The monoisotopic (exact) mass is 275 g/mol. The molecule has 0 saturated heterocycles. The third-order valence-electron chi connectivity index (χ3n) is 2.79. The fraction of sp³-hybridized carbons (Fsp3) is 0. The van der Waals surface area contributed by atoms with Crippen LogP contribution in [0.4, 0.5) is 24.7 Å². The lowest BCUT2D eigenvalue weighted by Crippen LogP contribution is -1.99. The molecule has 0 aliphatic carbocycles. The first-order chi connectivity index (χ1) is 9.65. The average molecular weight is 275 g/mol. The molecular formula is C14H8F3N3. The van der Waals surface area contributed by atoms with E-state index < -0.39 is 17.5 Å². The SMILES string of the molecule is Fc1cc(Nc2ncnc3ccccc23)cc(F)c1F. The van der Waals surface area contributed by atoms with Crippen LogP contribution in [0.15, 0.2) is 42.7 Å². The Morgan fingerprint density at radius 1 is 0.900 bits per heavy atom. The van der Waals surface area contributed by atoms with Gasteiger partial charge in [0.15, 0.2) is 17.5 Å². The molecule has 3 rings (SSSR count). The lowest BCUT2D eigenvalue weighted by molar-refractivity contribution is 0.448. The fourth-order valence-electron chi connectivity index (χ4n) is 1.87. The van der Waals surface area contributed by atoms with E-state index >= 15 is 0 Å². The molecule has 6 heteroatoms. The van der Waals surface area contributed by atoms with Gasteiger partial charge in [0.2, 0.25) is 0 Å². The average Bonchev–Trinajstić information content (AvgIpc) is 2.45. The Labute approximate surface area is 112 Å². The topological polar surface area (TPSA) is 37.8 Å². The summed E-state index contributed by atoms with van der Waals surface area (Å²) in [6.07, 6.45) is 1.33. The fourth-order valence-corrected chi connectivity index (χ4v) is 1.87. The maximum Gasteiger partial charge on any atom is 0.194 e. The first-order valence-corrected chi connectivity index (χ1v) is 5.76. The standard InChI is InChI=1S/C14H8F3N3/c15-10-5-8(6-11(16)13(10)17)20-14-9-3-1-2-4-12(9)18-7-19-14/h1-7H,(H,18,19,20). The molecule has 0 aliphatic heterocycles. The zero-order valence-corrected chi connectivity index (χ0v) is 10.1. The molecule has 100 valence electrons. The summed E-state index contributed by atoms with van der Waals surface area (Å²) in [7, 11) is 0. The van der Waals surface area contributed by atoms with Gasteiger partial charge in [-0.1, -0.05) is 12.1 Å². The maximum atomic E-state index is 13.2. The van der Waals surface area contributed by atoms with Crippen molar-refractivity contribution < 1.29 is 13.2 Å². The number of hydrogen-bond donors (Lipinski definition) is 1. The molecule has 0 unspecified atom stereocenters. The molecule has 0 atom stereocenters. The number of nitrogens with one attached hydrogen (secondary N) is 1. The number of halogens is 3. The van der Waals surface area contributed by atoms with Crippen molar-refractivity contribution in [2.45, 2.75) is 0 Å². The lowest BCUT2D eigenvalue weighted by Gasteiger charge is -2.08. The zero-order valence-electron chi connectivity index (χ0n) is 10.1. The summed E-state index contributed by atoms with van der Waals surface area (Å²) in [5.74, 6) is -3.62. The van der Waals surface area contributed by atoms with E-state index in [2.05, 4.69) is 15.3 Å². The van der Waals surface area contributed by atoms with Crippen LogP contribution >= 0.6 is 0 Å². The van der Waals surface area contributed by atoms with Gasteiger partial charge in [-0.25, -0.2) is 23.1 Å². The van der Waals surface area contributed by atoms with Gasteiger partial charge in [0, 0.05) is 23.2 Å². The quantitative estimate of drug-likeness (QED) is 0.723. The van der Waals surface area contributed by atoms with Crippen molar-refractivity contribution in [3.63, 3.8) is 0 Å². The van der Waals surface area contributed by atoms with Crippen molar-refractivity contribution in [2.24, 2.45) is 0 Å². The molecule has 0 spiro atoms. The van der Waals surface area contributed by atoms with Gasteiger partial charge in [0.05, 0.1) is 5.52 Å². The van der Waals surface area contributed by atoms with Gasteiger partial charge in [0.25, 0.3) is 0 Å². The van der Waals surface area contributed by atoms with Crippen molar-refractivity contribution in [2.75, 3.05) is 5.32 Å². The number of anilines is 2. The molecule has 3 nitrogen and oxygen atoms in total. The molecule has 1 N–H and O–H groups in total. The maximum absolute atomic E-state index is 13.2. The highest BCUT2D eigenvalue weighted by Crippen LogP contribution is 2.24. The summed E-state index contributed by atoms with van der Waals surface area (Å²) in [5, 5.41) is 3.45. The normalized spacial score (nSPS) is 10.8. The number of rotatable bonds is 2. The minimum absolute atomic E-state index is 0.0743. The number of aromatic nitrogens is 2. The van der Waals surface area contributed by atoms with E-state index in [0.717, 1.165) is 12.1 Å². The number of benzene rings is 2. The summed E-state index contributed by atoms with van der Waals surface area (Å²) < 4.78 is 39.2. The van der Waals surface area contributed by atoms with Crippen LogP contribution in [0.5, 0.6) is 0 Å². The number of nitrogens with zero attached hydrogens (tertiary/aromatic N) is 2. The number of fused-ring (bicyclic) bond motifs is 1. The van der Waals surface area contributed by atoms with Crippen LogP contribution in [0, 0.1) is 17.5 Å². The summed E-state index contributed by atoms with van der Waals surface area (Å²) in [6, 6.07) is 8.91. The largest absolute Gasteiger partial charge is 0.339 e. The highest BCUT2D eigenvalue weighted by molar-refractivity contribution is 5.90. The van der Waals surface area contributed by atoms with Crippen molar-refractivity contribution >= 4 is 22.4 Å². The minimum Gasteiger partial charge on any atom is -0.339 e. The smallest absolute Gasteiger partial charge is 0.194 e. The first-order valence-electron chi connectivity index (χ1n) is 5.76. The minimum atomic E-state index is -1.50. The lowest BCUT2D eigenvalue weighted by atomic mass is 10.2. The van der Waals surface area contributed by atoms with Crippen molar-refractivity contribution in [1.82, 2.24) is 9.97 Å². The molecule has 1 aromatic heterocycles. The highest BCUT2D eigenvalue weighted by atomic mass is 19.2. The van der Waals surface area contributed by atoms with Gasteiger partial charge in [0.1, 0.15) is 12.1 Å². The van der Waals surface area contributed by atoms with Gasteiger partial charge < -0.3 is 5.32 Å². The Hall–Kier alpha value is -2.63.